The second-order valence-electron chi connectivity index (χ2n) is 4.69. The molecule has 2 aromatic heterocycles. The van der Waals surface area contributed by atoms with E-state index in [1.165, 1.54) is 12.1 Å². The highest BCUT2D eigenvalue weighted by Gasteiger charge is 2.15. The lowest BCUT2D eigenvalue weighted by Gasteiger charge is -2.07. The number of hydrogen-bond donors (Lipinski definition) is 1. The minimum absolute atomic E-state index is 0.0423. The van der Waals surface area contributed by atoms with Crippen molar-refractivity contribution >= 4 is 16.0 Å². The number of nitrogens with zero attached hydrogens (tertiary/aromatic N) is 2. The number of aryl methyl sites for hydroxylation is 1. The average Bonchev–Trinajstić information content (AvgIpc) is 3.04. The summed E-state index contributed by atoms with van der Waals surface area (Å²) in [6.45, 7) is 1.83. The molecular formula is C15H13N3O3S. The topological polar surface area (TPSA) is 85.1 Å². The van der Waals surface area contributed by atoms with Crippen molar-refractivity contribution in [2.24, 2.45) is 0 Å². The van der Waals surface area contributed by atoms with Gasteiger partial charge in [0.2, 0.25) is 5.95 Å². The Kier molecular flexibility index (Phi) is 3.64. The van der Waals surface area contributed by atoms with Crippen molar-refractivity contribution in [3.63, 3.8) is 0 Å². The predicted molar refractivity (Wildman–Crippen MR) is 81.7 cm³/mol. The Morgan fingerprint density at radius 3 is 2.32 bits per heavy atom. The number of anilines is 1. The molecule has 7 heteroatoms. The highest BCUT2D eigenvalue weighted by Crippen LogP contribution is 2.22. The second-order valence-corrected chi connectivity index (χ2v) is 6.37. The molecule has 0 amide bonds. The molecule has 1 N–H and O–H groups in total. The first-order valence-electron chi connectivity index (χ1n) is 6.50. The van der Waals surface area contributed by atoms with Crippen molar-refractivity contribution in [1.82, 2.24) is 9.97 Å². The summed E-state index contributed by atoms with van der Waals surface area (Å²) in [6.07, 6.45) is 4.66. The van der Waals surface area contributed by atoms with E-state index in [0.717, 1.165) is 11.1 Å². The number of aromatic nitrogens is 2. The molecule has 0 aliphatic carbocycles. The Morgan fingerprint density at radius 1 is 1.05 bits per heavy atom. The van der Waals surface area contributed by atoms with Crippen molar-refractivity contribution in [2.45, 2.75) is 11.8 Å². The smallest absolute Gasteiger partial charge is 0.264 e. The number of benzene rings is 1. The molecule has 0 aliphatic heterocycles. The van der Waals surface area contributed by atoms with Crippen LogP contribution in [-0.2, 0) is 10.0 Å². The van der Waals surface area contributed by atoms with E-state index in [0.29, 0.717) is 5.76 Å². The maximum Gasteiger partial charge on any atom is 0.264 e. The van der Waals surface area contributed by atoms with Crippen LogP contribution >= 0.6 is 0 Å². The molecule has 0 unspecified atom stereocenters. The molecule has 1 aromatic carbocycles. The van der Waals surface area contributed by atoms with E-state index in [1.54, 1.807) is 36.9 Å². The van der Waals surface area contributed by atoms with Gasteiger partial charge in [-0.3, -0.25) is 0 Å². The minimum Gasteiger partial charge on any atom is -0.464 e. The van der Waals surface area contributed by atoms with Gasteiger partial charge in [0.05, 0.1) is 11.2 Å². The van der Waals surface area contributed by atoms with Crippen LogP contribution in [0.25, 0.3) is 11.3 Å². The fourth-order valence-corrected chi connectivity index (χ4v) is 2.82. The van der Waals surface area contributed by atoms with E-state index in [-0.39, 0.29) is 10.8 Å². The number of hydrogen-bond acceptors (Lipinski definition) is 5. The van der Waals surface area contributed by atoms with Crippen molar-refractivity contribution in [3.8, 4) is 11.3 Å². The van der Waals surface area contributed by atoms with E-state index in [9.17, 15) is 8.42 Å². The minimum atomic E-state index is -3.72. The highest BCUT2D eigenvalue weighted by atomic mass is 32.2. The monoisotopic (exact) mass is 315 g/mol. The van der Waals surface area contributed by atoms with Gasteiger partial charge in [-0.05, 0) is 48.9 Å². The average molecular weight is 315 g/mol. The van der Waals surface area contributed by atoms with Crippen LogP contribution in [0.3, 0.4) is 0 Å². The zero-order valence-electron chi connectivity index (χ0n) is 11.7. The first-order chi connectivity index (χ1) is 10.5. The first kappa shape index (κ1) is 14.3. The zero-order valence-corrected chi connectivity index (χ0v) is 12.5. The Labute approximate surface area is 127 Å². The van der Waals surface area contributed by atoms with Gasteiger partial charge in [-0.15, -0.1) is 0 Å². The van der Waals surface area contributed by atoms with Crippen LogP contribution in [0.4, 0.5) is 5.95 Å². The van der Waals surface area contributed by atoms with E-state index >= 15 is 0 Å². The van der Waals surface area contributed by atoms with E-state index in [1.807, 2.05) is 13.0 Å². The zero-order chi connectivity index (χ0) is 15.6. The third-order valence-corrected chi connectivity index (χ3v) is 4.32. The summed E-state index contributed by atoms with van der Waals surface area (Å²) in [4.78, 5) is 7.99. The molecule has 3 aromatic rings. The van der Waals surface area contributed by atoms with Crippen molar-refractivity contribution in [2.75, 3.05) is 4.72 Å². The molecule has 0 aliphatic rings. The largest absolute Gasteiger partial charge is 0.464 e. The van der Waals surface area contributed by atoms with Gasteiger partial charge in [-0.1, -0.05) is 0 Å². The van der Waals surface area contributed by atoms with Crippen molar-refractivity contribution < 1.29 is 12.8 Å². The van der Waals surface area contributed by atoms with E-state index in [4.69, 9.17) is 4.42 Å². The van der Waals surface area contributed by atoms with Crippen LogP contribution < -0.4 is 4.72 Å². The fraction of sp³-hybridized carbons (Fsp3) is 0.0667. The summed E-state index contributed by atoms with van der Waals surface area (Å²) in [5, 5.41) is 0. The summed E-state index contributed by atoms with van der Waals surface area (Å²) in [6, 6.07) is 9.97. The summed E-state index contributed by atoms with van der Waals surface area (Å²) < 4.78 is 32.1. The van der Waals surface area contributed by atoms with Crippen LogP contribution in [-0.4, -0.2) is 18.4 Å². The van der Waals surface area contributed by atoms with Crippen LogP contribution in [0.1, 0.15) is 5.56 Å². The summed E-state index contributed by atoms with van der Waals surface area (Å²) in [5.74, 6) is 0.722. The molecule has 0 spiro atoms. The van der Waals surface area contributed by atoms with Gasteiger partial charge in [-0.2, -0.15) is 0 Å². The second kappa shape index (κ2) is 5.61. The molecule has 112 valence electrons. The predicted octanol–water partition coefficient (Wildman–Crippen LogP) is 2.85. The Morgan fingerprint density at radius 2 is 1.73 bits per heavy atom. The van der Waals surface area contributed by atoms with Gasteiger partial charge in [0.25, 0.3) is 10.0 Å². The Balaban J connectivity index is 1.84. The lowest BCUT2D eigenvalue weighted by molar-refractivity contribution is 0.582. The van der Waals surface area contributed by atoms with E-state index < -0.39 is 10.0 Å². The normalized spacial score (nSPS) is 11.3. The highest BCUT2D eigenvalue weighted by molar-refractivity contribution is 7.92. The standard InChI is InChI=1S/C15H13N3O3S/c1-11-9-16-15(17-10-11)18-22(19,20)13-6-4-12(5-7-13)14-3-2-8-21-14/h2-10H,1H3,(H,16,17,18). The summed E-state index contributed by atoms with van der Waals surface area (Å²) in [5.41, 5.74) is 1.65. The van der Waals surface area contributed by atoms with Gasteiger partial charge in [0, 0.05) is 18.0 Å². The molecule has 0 saturated heterocycles. The van der Waals surface area contributed by atoms with Crippen LogP contribution in [0, 0.1) is 6.92 Å². The molecule has 3 rings (SSSR count). The van der Waals surface area contributed by atoms with E-state index in [2.05, 4.69) is 14.7 Å². The molecule has 0 fully saturated rings. The molecule has 22 heavy (non-hydrogen) atoms. The summed E-state index contributed by atoms with van der Waals surface area (Å²) >= 11 is 0. The molecule has 6 nitrogen and oxygen atoms in total. The molecule has 0 bridgehead atoms. The van der Waals surface area contributed by atoms with Gasteiger partial charge in [0.1, 0.15) is 5.76 Å². The lowest BCUT2D eigenvalue weighted by atomic mass is 10.2. The first-order valence-corrected chi connectivity index (χ1v) is 7.98. The maximum atomic E-state index is 12.3. The fourth-order valence-electron chi connectivity index (χ4n) is 1.87. The summed E-state index contributed by atoms with van der Waals surface area (Å²) in [7, 11) is -3.72. The van der Waals surface area contributed by atoms with Gasteiger partial charge < -0.3 is 4.42 Å². The van der Waals surface area contributed by atoms with Crippen molar-refractivity contribution in [3.05, 3.63) is 60.6 Å². The number of sulfonamides is 1. The molecular weight excluding hydrogens is 302 g/mol. The molecule has 0 atom stereocenters. The maximum absolute atomic E-state index is 12.3. The van der Waals surface area contributed by atoms with Gasteiger partial charge in [-0.25, -0.2) is 23.1 Å². The van der Waals surface area contributed by atoms with Crippen LogP contribution in [0.15, 0.2) is 64.4 Å². The van der Waals surface area contributed by atoms with Gasteiger partial charge >= 0.3 is 0 Å². The SMILES string of the molecule is Cc1cnc(NS(=O)(=O)c2ccc(-c3ccco3)cc2)nc1. The molecule has 2 heterocycles. The van der Waals surface area contributed by atoms with Crippen LogP contribution in [0.5, 0.6) is 0 Å². The Hall–Kier alpha value is -2.67. The molecule has 0 radical (unpaired) electrons. The molecule has 0 saturated carbocycles. The number of rotatable bonds is 4. The third kappa shape index (κ3) is 2.99. The van der Waals surface area contributed by atoms with Crippen molar-refractivity contribution in [1.29, 1.82) is 0 Å². The third-order valence-electron chi connectivity index (χ3n) is 2.98. The number of nitrogens with one attached hydrogen (secondary N) is 1. The lowest BCUT2D eigenvalue weighted by Crippen LogP contribution is -2.14. The van der Waals surface area contributed by atoms with Crippen LogP contribution in [0.2, 0.25) is 0 Å². The Bertz CT molecular complexity index is 855. The van der Waals surface area contributed by atoms with Gasteiger partial charge in [0.15, 0.2) is 0 Å². The quantitative estimate of drug-likeness (QED) is 0.800. The number of furan rings is 1.